The van der Waals surface area contributed by atoms with Gasteiger partial charge in [0.05, 0.1) is 13.2 Å². The first-order chi connectivity index (χ1) is 13.8. The molecule has 1 aliphatic rings. The normalized spacial score (nSPS) is 14.8. The quantitative estimate of drug-likeness (QED) is 0.638. The minimum absolute atomic E-state index is 0.335. The summed E-state index contributed by atoms with van der Waals surface area (Å²) >= 11 is 0. The molecule has 4 rings (SSSR count). The van der Waals surface area contributed by atoms with Crippen LogP contribution in [0.5, 0.6) is 5.75 Å². The maximum Gasteiger partial charge on any atom is 0.118 e. The number of likely N-dealkylation sites (tertiary alicyclic amines) is 1. The van der Waals surface area contributed by atoms with E-state index < -0.39 is 0 Å². The van der Waals surface area contributed by atoms with E-state index in [1.54, 1.807) is 7.11 Å². The molecule has 3 aromatic rings. The van der Waals surface area contributed by atoms with E-state index in [0.717, 1.165) is 31.8 Å². The molecule has 0 bridgehead atoms. The van der Waals surface area contributed by atoms with Crippen molar-refractivity contribution in [3.05, 3.63) is 102 Å². The van der Waals surface area contributed by atoms with Crippen molar-refractivity contribution in [2.45, 2.75) is 18.5 Å². The highest BCUT2D eigenvalue weighted by atomic mass is 16.5. The van der Waals surface area contributed by atoms with Crippen molar-refractivity contribution < 1.29 is 4.74 Å². The van der Waals surface area contributed by atoms with Gasteiger partial charge in [0.25, 0.3) is 0 Å². The predicted octanol–water partition coefficient (Wildman–Crippen LogP) is 4.30. The zero-order valence-corrected chi connectivity index (χ0v) is 16.4. The van der Waals surface area contributed by atoms with Crippen molar-refractivity contribution in [3.8, 4) is 5.75 Å². The number of nitrogens with one attached hydrogen (secondary N) is 1. The fourth-order valence-electron chi connectivity index (χ4n) is 3.95. The van der Waals surface area contributed by atoms with Gasteiger partial charge >= 0.3 is 0 Å². The van der Waals surface area contributed by atoms with E-state index in [1.165, 1.54) is 16.7 Å². The summed E-state index contributed by atoms with van der Waals surface area (Å²) in [5, 5.41) is 3.71. The van der Waals surface area contributed by atoms with Crippen LogP contribution in [0.2, 0.25) is 0 Å². The Hall–Kier alpha value is -2.62. The van der Waals surface area contributed by atoms with Crippen LogP contribution in [0.25, 0.3) is 0 Å². The van der Waals surface area contributed by atoms with Gasteiger partial charge in [0, 0.05) is 19.1 Å². The summed E-state index contributed by atoms with van der Waals surface area (Å²) in [7, 11) is 1.71. The first kappa shape index (κ1) is 18.7. The molecular weight excluding hydrogens is 344 g/mol. The van der Waals surface area contributed by atoms with Crippen LogP contribution in [0, 0.1) is 0 Å². The standard InChI is InChI=1S/C25H28N2O/c1-28-24-14-12-20(13-15-24)16-17-26-23-18-27(19-23)25(21-8-4-2-5-9-21)22-10-6-3-7-11-22/h2-15,23,25-26H,16-19H2,1H3. The van der Waals surface area contributed by atoms with E-state index >= 15 is 0 Å². The molecule has 1 saturated heterocycles. The predicted molar refractivity (Wildman–Crippen MR) is 115 cm³/mol. The summed E-state index contributed by atoms with van der Waals surface area (Å²) < 4.78 is 5.22. The topological polar surface area (TPSA) is 24.5 Å². The fraction of sp³-hybridized carbons (Fsp3) is 0.280. The van der Waals surface area contributed by atoms with Gasteiger partial charge in [0.2, 0.25) is 0 Å². The number of hydrogen-bond donors (Lipinski definition) is 1. The molecule has 3 heteroatoms. The summed E-state index contributed by atoms with van der Waals surface area (Å²) in [6.45, 7) is 3.17. The number of ether oxygens (including phenoxy) is 1. The van der Waals surface area contributed by atoms with Gasteiger partial charge in [-0.15, -0.1) is 0 Å². The van der Waals surface area contributed by atoms with E-state index in [4.69, 9.17) is 4.74 Å². The number of methoxy groups -OCH3 is 1. The van der Waals surface area contributed by atoms with Gasteiger partial charge in [-0.3, -0.25) is 4.90 Å². The van der Waals surface area contributed by atoms with Crippen molar-refractivity contribution in [1.29, 1.82) is 0 Å². The fourth-order valence-corrected chi connectivity index (χ4v) is 3.95. The van der Waals surface area contributed by atoms with Gasteiger partial charge in [-0.1, -0.05) is 72.8 Å². The minimum atomic E-state index is 0.335. The molecule has 0 aromatic heterocycles. The van der Waals surface area contributed by atoms with Crippen LogP contribution in [-0.4, -0.2) is 37.7 Å². The Balaban J connectivity index is 1.32. The summed E-state index contributed by atoms with van der Waals surface area (Å²) in [5.74, 6) is 0.916. The molecule has 0 atom stereocenters. The van der Waals surface area contributed by atoms with Gasteiger partial charge in [0.1, 0.15) is 5.75 Å². The Morgan fingerprint density at radius 3 is 1.96 bits per heavy atom. The number of hydrogen-bond acceptors (Lipinski definition) is 3. The Morgan fingerprint density at radius 2 is 1.43 bits per heavy atom. The lowest BCUT2D eigenvalue weighted by Crippen LogP contribution is -2.59. The zero-order chi connectivity index (χ0) is 19.2. The van der Waals surface area contributed by atoms with Crippen molar-refractivity contribution in [1.82, 2.24) is 10.2 Å². The molecule has 0 radical (unpaired) electrons. The number of nitrogens with zero attached hydrogens (tertiary/aromatic N) is 1. The molecule has 1 heterocycles. The van der Waals surface area contributed by atoms with Gasteiger partial charge < -0.3 is 10.1 Å². The molecule has 28 heavy (non-hydrogen) atoms. The molecule has 3 aromatic carbocycles. The average Bonchev–Trinajstić information content (AvgIpc) is 2.73. The van der Waals surface area contributed by atoms with Crippen LogP contribution in [0.3, 0.4) is 0 Å². The summed E-state index contributed by atoms with van der Waals surface area (Å²) in [6.07, 6.45) is 1.04. The molecule has 3 nitrogen and oxygen atoms in total. The first-order valence-electron chi connectivity index (χ1n) is 10.0. The number of benzene rings is 3. The van der Waals surface area contributed by atoms with E-state index in [9.17, 15) is 0 Å². The van der Waals surface area contributed by atoms with Crippen LogP contribution >= 0.6 is 0 Å². The molecule has 1 aliphatic heterocycles. The monoisotopic (exact) mass is 372 g/mol. The second-order valence-electron chi connectivity index (χ2n) is 7.43. The smallest absolute Gasteiger partial charge is 0.118 e. The Bertz CT molecular complexity index is 803. The summed E-state index contributed by atoms with van der Waals surface area (Å²) in [6, 6.07) is 30.9. The van der Waals surface area contributed by atoms with Crippen molar-refractivity contribution in [2.24, 2.45) is 0 Å². The third-order valence-electron chi connectivity index (χ3n) is 5.51. The van der Waals surface area contributed by atoms with Crippen molar-refractivity contribution in [2.75, 3.05) is 26.7 Å². The van der Waals surface area contributed by atoms with Crippen LogP contribution in [-0.2, 0) is 6.42 Å². The van der Waals surface area contributed by atoms with Crippen LogP contribution in [0.15, 0.2) is 84.9 Å². The van der Waals surface area contributed by atoms with E-state index in [1.807, 2.05) is 12.1 Å². The molecule has 0 amide bonds. The molecule has 144 valence electrons. The maximum atomic E-state index is 5.22. The van der Waals surface area contributed by atoms with Gasteiger partial charge in [-0.2, -0.15) is 0 Å². The minimum Gasteiger partial charge on any atom is -0.497 e. The maximum absolute atomic E-state index is 5.22. The summed E-state index contributed by atoms with van der Waals surface area (Å²) in [4.78, 5) is 2.57. The highest BCUT2D eigenvalue weighted by Crippen LogP contribution is 2.32. The van der Waals surface area contributed by atoms with Crippen molar-refractivity contribution in [3.63, 3.8) is 0 Å². The molecule has 0 spiro atoms. The van der Waals surface area contributed by atoms with Gasteiger partial charge in [-0.25, -0.2) is 0 Å². The molecule has 0 aliphatic carbocycles. The molecular formula is C25H28N2O. The lowest BCUT2D eigenvalue weighted by molar-refractivity contribution is 0.0936. The second-order valence-corrected chi connectivity index (χ2v) is 7.43. The molecule has 1 N–H and O–H groups in total. The Kier molecular flexibility index (Phi) is 6.05. The van der Waals surface area contributed by atoms with Crippen molar-refractivity contribution >= 4 is 0 Å². The Morgan fingerprint density at radius 1 is 0.857 bits per heavy atom. The van der Waals surface area contributed by atoms with Crippen LogP contribution < -0.4 is 10.1 Å². The Labute approximate surface area is 168 Å². The highest BCUT2D eigenvalue weighted by Gasteiger charge is 2.33. The molecule has 1 fully saturated rings. The first-order valence-corrected chi connectivity index (χ1v) is 10.0. The average molecular weight is 373 g/mol. The van der Waals surface area contributed by atoms with Gasteiger partial charge in [0.15, 0.2) is 0 Å². The van der Waals surface area contributed by atoms with Gasteiger partial charge in [-0.05, 0) is 41.8 Å². The SMILES string of the molecule is COc1ccc(CCNC2CN(C(c3ccccc3)c3ccccc3)C2)cc1. The molecule has 0 saturated carbocycles. The third kappa shape index (κ3) is 4.44. The molecule has 0 unspecified atom stereocenters. The van der Waals surface area contributed by atoms with E-state index in [0.29, 0.717) is 12.1 Å². The van der Waals surface area contributed by atoms with E-state index in [-0.39, 0.29) is 0 Å². The highest BCUT2D eigenvalue weighted by molar-refractivity contribution is 5.32. The lowest BCUT2D eigenvalue weighted by atomic mass is 9.93. The van der Waals surface area contributed by atoms with Crippen LogP contribution in [0.1, 0.15) is 22.7 Å². The zero-order valence-electron chi connectivity index (χ0n) is 16.4. The van der Waals surface area contributed by atoms with Crippen LogP contribution in [0.4, 0.5) is 0 Å². The second kappa shape index (κ2) is 9.05. The number of rotatable bonds is 8. The van der Waals surface area contributed by atoms with E-state index in [2.05, 4.69) is 83.0 Å². The third-order valence-corrected chi connectivity index (χ3v) is 5.51. The summed E-state index contributed by atoms with van der Waals surface area (Å²) in [5.41, 5.74) is 4.08. The lowest BCUT2D eigenvalue weighted by Gasteiger charge is -2.45. The largest absolute Gasteiger partial charge is 0.497 e.